The van der Waals surface area contributed by atoms with Crippen molar-refractivity contribution in [2.24, 2.45) is 11.8 Å². The molecule has 0 saturated heterocycles. The van der Waals surface area contributed by atoms with Crippen molar-refractivity contribution in [2.45, 2.75) is 25.7 Å². The lowest BCUT2D eigenvalue weighted by molar-refractivity contribution is 0.309. The van der Waals surface area contributed by atoms with E-state index >= 15 is 0 Å². The topological polar surface area (TPSA) is 63.8 Å². The molecule has 0 radical (unpaired) electrons. The van der Waals surface area contributed by atoms with Crippen LogP contribution in [-0.4, -0.2) is 9.97 Å². The number of anilines is 1. The van der Waals surface area contributed by atoms with Gasteiger partial charge in [0.15, 0.2) is 0 Å². The van der Waals surface area contributed by atoms with E-state index in [1.54, 1.807) is 0 Å². The second kappa shape index (κ2) is 5.36. The molecule has 3 rings (SSSR count). The molecule has 4 heteroatoms. The highest BCUT2D eigenvalue weighted by Gasteiger charge is 2.19. The Morgan fingerprint density at radius 1 is 1.16 bits per heavy atom. The minimum atomic E-state index is 0.683. The molecule has 0 atom stereocenters. The minimum absolute atomic E-state index is 0.683. The summed E-state index contributed by atoms with van der Waals surface area (Å²) in [6.45, 7) is 0. The summed E-state index contributed by atoms with van der Waals surface area (Å²) < 4.78 is 0. The van der Waals surface area contributed by atoms with Gasteiger partial charge in [-0.15, -0.1) is 0 Å². The van der Waals surface area contributed by atoms with Crippen LogP contribution in [0, 0.1) is 5.92 Å². The minimum Gasteiger partial charge on any atom is -0.308 e. The van der Waals surface area contributed by atoms with Crippen LogP contribution in [0.1, 0.15) is 25.1 Å². The van der Waals surface area contributed by atoms with E-state index in [0.29, 0.717) is 5.82 Å². The van der Waals surface area contributed by atoms with E-state index in [4.69, 9.17) is 5.84 Å². The van der Waals surface area contributed by atoms with Crippen molar-refractivity contribution in [1.29, 1.82) is 0 Å². The SMILES string of the molecule is NNc1cc(-c2ccccc2)nc(CC2CCC2)n1. The molecule has 4 nitrogen and oxygen atoms in total. The smallest absolute Gasteiger partial charge is 0.144 e. The predicted molar refractivity (Wildman–Crippen MR) is 76.3 cm³/mol. The van der Waals surface area contributed by atoms with Crippen LogP contribution in [0.25, 0.3) is 11.3 Å². The monoisotopic (exact) mass is 254 g/mol. The van der Waals surface area contributed by atoms with E-state index < -0.39 is 0 Å². The van der Waals surface area contributed by atoms with Gasteiger partial charge in [-0.05, 0) is 5.92 Å². The fraction of sp³-hybridized carbons (Fsp3) is 0.333. The third-order valence-corrected chi connectivity index (χ3v) is 3.69. The lowest BCUT2D eigenvalue weighted by Gasteiger charge is -2.24. The van der Waals surface area contributed by atoms with Gasteiger partial charge < -0.3 is 5.43 Å². The van der Waals surface area contributed by atoms with Crippen molar-refractivity contribution in [1.82, 2.24) is 9.97 Å². The molecular formula is C15H18N4. The van der Waals surface area contributed by atoms with Crippen LogP contribution in [0.5, 0.6) is 0 Å². The number of nitrogen functional groups attached to an aromatic ring is 1. The van der Waals surface area contributed by atoms with E-state index in [2.05, 4.69) is 27.5 Å². The number of hydrogen-bond donors (Lipinski definition) is 2. The first-order valence-electron chi connectivity index (χ1n) is 6.75. The predicted octanol–water partition coefficient (Wildman–Crippen LogP) is 2.77. The quantitative estimate of drug-likeness (QED) is 0.650. The summed E-state index contributed by atoms with van der Waals surface area (Å²) in [4.78, 5) is 9.12. The van der Waals surface area contributed by atoms with Gasteiger partial charge in [0.2, 0.25) is 0 Å². The van der Waals surface area contributed by atoms with Crippen molar-refractivity contribution in [3.63, 3.8) is 0 Å². The molecule has 0 aliphatic heterocycles. The van der Waals surface area contributed by atoms with E-state index in [1.165, 1.54) is 19.3 Å². The summed E-state index contributed by atoms with van der Waals surface area (Å²) in [5.74, 6) is 7.82. The number of nitrogens with zero attached hydrogens (tertiary/aromatic N) is 2. The van der Waals surface area contributed by atoms with E-state index in [0.717, 1.165) is 29.4 Å². The van der Waals surface area contributed by atoms with Crippen LogP contribution in [0.3, 0.4) is 0 Å². The molecule has 0 unspecified atom stereocenters. The number of aromatic nitrogens is 2. The lowest BCUT2D eigenvalue weighted by Crippen LogP contribution is -2.17. The normalized spacial score (nSPS) is 15.0. The Bertz CT molecular complexity index is 549. The Morgan fingerprint density at radius 3 is 2.58 bits per heavy atom. The molecule has 3 N–H and O–H groups in total. The van der Waals surface area contributed by atoms with Gasteiger partial charge in [-0.25, -0.2) is 15.8 Å². The Balaban J connectivity index is 1.92. The number of nitrogens with one attached hydrogen (secondary N) is 1. The van der Waals surface area contributed by atoms with Gasteiger partial charge in [0.25, 0.3) is 0 Å². The van der Waals surface area contributed by atoms with Crippen LogP contribution < -0.4 is 11.3 Å². The Kier molecular flexibility index (Phi) is 3.42. The Morgan fingerprint density at radius 2 is 1.95 bits per heavy atom. The maximum Gasteiger partial charge on any atom is 0.144 e. The number of hydrogen-bond acceptors (Lipinski definition) is 4. The molecule has 1 heterocycles. The molecule has 1 aliphatic carbocycles. The summed E-state index contributed by atoms with van der Waals surface area (Å²) in [5.41, 5.74) is 4.66. The molecular weight excluding hydrogens is 236 g/mol. The Hall–Kier alpha value is -1.94. The maximum absolute atomic E-state index is 5.50. The molecule has 19 heavy (non-hydrogen) atoms. The fourth-order valence-electron chi connectivity index (χ4n) is 2.37. The zero-order chi connectivity index (χ0) is 13.1. The average molecular weight is 254 g/mol. The largest absolute Gasteiger partial charge is 0.308 e. The lowest BCUT2D eigenvalue weighted by atomic mass is 9.83. The maximum atomic E-state index is 5.50. The second-order valence-corrected chi connectivity index (χ2v) is 5.07. The van der Waals surface area contributed by atoms with E-state index in [9.17, 15) is 0 Å². The molecule has 0 amide bonds. The van der Waals surface area contributed by atoms with Gasteiger partial charge in [-0.2, -0.15) is 0 Å². The van der Waals surface area contributed by atoms with Gasteiger partial charge >= 0.3 is 0 Å². The standard InChI is InChI=1S/C15H18N4/c16-19-15-10-13(12-7-2-1-3-8-12)17-14(18-15)9-11-5-4-6-11/h1-3,7-8,10-11H,4-6,9,16H2,(H,17,18,19). The summed E-state index contributed by atoms with van der Waals surface area (Å²) in [5, 5.41) is 0. The van der Waals surface area contributed by atoms with Gasteiger partial charge in [0.05, 0.1) is 5.69 Å². The highest BCUT2D eigenvalue weighted by Crippen LogP contribution is 2.29. The summed E-state index contributed by atoms with van der Waals surface area (Å²) in [7, 11) is 0. The third kappa shape index (κ3) is 2.74. The first-order valence-corrected chi connectivity index (χ1v) is 6.75. The van der Waals surface area contributed by atoms with Gasteiger partial charge in [0, 0.05) is 18.1 Å². The van der Waals surface area contributed by atoms with Crippen LogP contribution in [0.2, 0.25) is 0 Å². The molecule has 1 aromatic heterocycles. The first-order chi connectivity index (χ1) is 9.35. The zero-order valence-electron chi connectivity index (χ0n) is 10.8. The van der Waals surface area contributed by atoms with Crippen LogP contribution >= 0.6 is 0 Å². The number of nitrogens with two attached hydrogens (primary N) is 1. The van der Waals surface area contributed by atoms with Gasteiger partial charge in [0.1, 0.15) is 11.6 Å². The van der Waals surface area contributed by atoms with Gasteiger partial charge in [-0.1, -0.05) is 49.6 Å². The van der Waals surface area contributed by atoms with E-state index in [1.807, 2.05) is 24.3 Å². The molecule has 1 aromatic carbocycles. The highest BCUT2D eigenvalue weighted by molar-refractivity contribution is 5.62. The highest BCUT2D eigenvalue weighted by atomic mass is 15.3. The zero-order valence-corrected chi connectivity index (χ0v) is 10.8. The molecule has 1 aliphatic rings. The summed E-state index contributed by atoms with van der Waals surface area (Å²) in [6.07, 6.45) is 4.88. The van der Waals surface area contributed by atoms with Crippen LogP contribution in [0.4, 0.5) is 5.82 Å². The summed E-state index contributed by atoms with van der Waals surface area (Å²) >= 11 is 0. The van der Waals surface area contributed by atoms with Crippen molar-refractivity contribution in [2.75, 3.05) is 5.43 Å². The molecule has 98 valence electrons. The summed E-state index contributed by atoms with van der Waals surface area (Å²) in [6, 6.07) is 12.0. The van der Waals surface area contributed by atoms with E-state index in [-0.39, 0.29) is 0 Å². The fourth-order valence-corrected chi connectivity index (χ4v) is 2.37. The van der Waals surface area contributed by atoms with Gasteiger partial charge in [-0.3, -0.25) is 0 Å². The molecule has 1 saturated carbocycles. The second-order valence-electron chi connectivity index (χ2n) is 5.07. The Labute approximate surface area is 113 Å². The average Bonchev–Trinajstić information content (AvgIpc) is 2.43. The van der Waals surface area contributed by atoms with Crippen molar-refractivity contribution in [3.8, 4) is 11.3 Å². The van der Waals surface area contributed by atoms with Crippen molar-refractivity contribution in [3.05, 3.63) is 42.2 Å². The molecule has 2 aromatic rings. The molecule has 1 fully saturated rings. The number of benzene rings is 1. The first kappa shape index (κ1) is 12.1. The van der Waals surface area contributed by atoms with Crippen molar-refractivity contribution < 1.29 is 0 Å². The molecule has 0 spiro atoms. The van der Waals surface area contributed by atoms with Crippen LogP contribution in [0.15, 0.2) is 36.4 Å². The van der Waals surface area contributed by atoms with Crippen molar-refractivity contribution >= 4 is 5.82 Å². The number of rotatable bonds is 4. The third-order valence-electron chi connectivity index (χ3n) is 3.69. The molecule has 0 bridgehead atoms. The van der Waals surface area contributed by atoms with Crippen LogP contribution in [-0.2, 0) is 6.42 Å². The number of hydrazine groups is 1.